The SMILES string of the molecule is CC1CC2CC23C(C)CC#CC13. The van der Waals surface area contributed by atoms with E-state index in [1.54, 1.807) is 0 Å². The second-order valence-electron chi connectivity index (χ2n) is 5.13. The minimum Gasteiger partial charge on any atom is -0.103 e. The van der Waals surface area contributed by atoms with Gasteiger partial charge in [0.2, 0.25) is 0 Å². The van der Waals surface area contributed by atoms with Crippen LogP contribution in [0.1, 0.15) is 33.1 Å². The third-order valence-corrected chi connectivity index (χ3v) is 4.59. The first-order chi connectivity index (χ1) is 5.75. The van der Waals surface area contributed by atoms with Crippen LogP contribution < -0.4 is 0 Å². The molecule has 12 heavy (non-hydrogen) atoms. The molecule has 0 aromatic heterocycles. The maximum Gasteiger partial charge on any atom is 0.0290 e. The van der Waals surface area contributed by atoms with E-state index in [-0.39, 0.29) is 0 Å². The fourth-order valence-corrected chi connectivity index (χ4v) is 3.86. The van der Waals surface area contributed by atoms with Crippen molar-refractivity contribution >= 4 is 0 Å². The highest BCUT2D eigenvalue weighted by Crippen LogP contribution is 2.72. The van der Waals surface area contributed by atoms with E-state index in [2.05, 4.69) is 25.7 Å². The second-order valence-corrected chi connectivity index (χ2v) is 5.13. The van der Waals surface area contributed by atoms with E-state index in [0.29, 0.717) is 5.41 Å². The highest BCUT2D eigenvalue weighted by molar-refractivity contribution is 5.28. The van der Waals surface area contributed by atoms with Crippen LogP contribution >= 0.6 is 0 Å². The molecule has 3 aliphatic carbocycles. The van der Waals surface area contributed by atoms with Crippen LogP contribution in [0.4, 0.5) is 0 Å². The zero-order valence-corrected chi connectivity index (χ0v) is 7.93. The Hall–Kier alpha value is -0.440. The van der Waals surface area contributed by atoms with Gasteiger partial charge in [-0.05, 0) is 36.0 Å². The van der Waals surface area contributed by atoms with E-state index in [1.807, 2.05) is 0 Å². The molecular weight excluding hydrogens is 144 g/mol. The Bertz CT molecular complexity index is 280. The monoisotopic (exact) mass is 160 g/mol. The average Bonchev–Trinajstić information content (AvgIpc) is 2.65. The lowest BCUT2D eigenvalue weighted by atomic mass is 9.73. The molecule has 0 heterocycles. The highest BCUT2D eigenvalue weighted by atomic mass is 14.7. The fourth-order valence-electron chi connectivity index (χ4n) is 3.86. The van der Waals surface area contributed by atoms with Gasteiger partial charge in [-0.3, -0.25) is 0 Å². The van der Waals surface area contributed by atoms with Crippen molar-refractivity contribution in [1.82, 2.24) is 0 Å². The van der Waals surface area contributed by atoms with Crippen LogP contribution in [0.3, 0.4) is 0 Å². The molecule has 0 nitrogen and oxygen atoms in total. The highest BCUT2D eigenvalue weighted by Gasteiger charge is 2.67. The lowest BCUT2D eigenvalue weighted by molar-refractivity contribution is 0.236. The van der Waals surface area contributed by atoms with Gasteiger partial charge in [0, 0.05) is 12.3 Å². The van der Waals surface area contributed by atoms with Crippen molar-refractivity contribution in [1.29, 1.82) is 0 Å². The summed E-state index contributed by atoms with van der Waals surface area (Å²) >= 11 is 0. The number of hydrogen-bond donors (Lipinski definition) is 0. The molecule has 64 valence electrons. The third kappa shape index (κ3) is 0.586. The molecule has 0 radical (unpaired) electrons. The van der Waals surface area contributed by atoms with Crippen LogP contribution in [0.15, 0.2) is 0 Å². The molecule has 0 bridgehead atoms. The summed E-state index contributed by atoms with van der Waals surface area (Å²) in [5.74, 6) is 10.4. The maximum absolute atomic E-state index is 3.49. The number of hydrogen-bond acceptors (Lipinski definition) is 0. The van der Waals surface area contributed by atoms with Crippen molar-refractivity contribution in [2.75, 3.05) is 0 Å². The Kier molecular flexibility index (Phi) is 1.11. The van der Waals surface area contributed by atoms with Gasteiger partial charge in [0.05, 0.1) is 0 Å². The van der Waals surface area contributed by atoms with Gasteiger partial charge >= 0.3 is 0 Å². The second kappa shape index (κ2) is 1.90. The zero-order chi connectivity index (χ0) is 8.34. The van der Waals surface area contributed by atoms with Crippen LogP contribution in [-0.2, 0) is 0 Å². The molecule has 0 aliphatic heterocycles. The smallest absolute Gasteiger partial charge is 0.0290 e. The zero-order valence-electron chi connectivity index (χ0n) is 7.93. The summed E-state index contributed by atoms with van der Waals surface area (Å²) < 4.78 is 0. The predicted molar refractivity (Wildman–Crippen MR) is 49.4 cm³/mol. The Labute approximate surface area is 74.7 Å². The summed E-state index contributed by atoms with van der Waals surface area (Å²) in [4.78, 5) is 0. The van der Waals surface area contributed by atoms with Gasteiger partial charge in [0.25, 0.3) is 0 Å². The normalized spacial score (nSPS) is 59.8. The molecule has 0 heteroatoms. The minimum atomic E-state index is 0.713. The lowest BCUT2D eigenvalue weighted by Crippen LogP contribution is -2.26. The van der Waals surface area contributed by atoms with E-state index in [0.717, 1.165) is 23.7 Å². The average molecular weight is 160 g/mol. The van der Waals surface area contributed by atoms with Crippen LogP contribution in [0.2, 0.25) is 0 Å². The van der Waals surface area contributed by atoms with E-state index in [9.17, 15) is 0 Å². The van der Waals surface area contributed by atoms with Gasteiger partial charge in [-0.15, -0.1) is 5.92 Å². The summed E-state index contributed by atoms with van der Waals surface area (Å²) in [5, 5.41) is 0. The Morgan fingerprint density at radius 2 is 2.17 bits per heavy atom. The van der Waals surface area contributed by atoms with E-state index >= 15 is 0 Å². The van der Waals surface area contributed by atoms with Crippen molar-refractivity contribution in [3.8, 4) is 11.8 Å². The molecule has 0 saturated heterocycles. The summed E-state index contributed by atoms with van der Waals surface area (Å²) in [6.07, 6.45) is 4.13. The van der Waals surface area contributed by atoms with Crippen LogP contribution in [0.5, 0.6) is 0 Å². The summed E-state index contributed by atoms with van der Waals surface area (Å²) in [6, 6.07) is 0. The van der Waals surface area contributed by atoms with Crippen molar-refractivity contribution < 1.29 is 0 Å². The maximum atomic E-state index is 3.49. The van der Waals surface area contributed by atoms with E-state index in [4.69, 9.17) is 0 Å². The van der Waals surface area contributed by atoms with Crippen LogP contribution in [0, 0.1) is 40.9 Å². The Morgan fingerprint density at radius 1 is 1.33 bits per heavy atom. The summed E-state index contributed by atoms with van der Waals surface area (Å²) in [5.41, 5.74) is 0.713. The molecule has 5 atom stereocenters. The number of rotatable bonds is 0. The van der Waals surface area contributed by atoms with E-state index < -0.39 is 0 Å². The van der Waals surface area contributed by atoms with Gasteiger partial charge in [-0.1, -0.05) is 19.8 Å². The lowest BCUT2D eigenvalue weighted by Gasteiger charge is -2.30. The first kappa shape index (κ1) is 7.01. The molecule has 0 aromatic carbocycles. The first-order valence-corrected chi connectivity index (χ1v) is 5.23. The molecule has 3 rings (SSSR count). The Morgan fingerprint density at radius 3 is 2.92 bits per heavy atom. The molecule has 2 fully saturated rings. The van der Waals surface area contributed by atoms with Gasteiger partial charge in [-0.2, -0.15) is 0 Å². The standard InChI is InChI=1S/C12H16/c1-8-6-10-7-12(10)9(2)4-3-5-11(8)12/h8-11H,4,6-7H2,1-2H3. The van der Waals surface area contributed by atoms with Crippen molar-refractivity contribution in [3.63, 3.8) is 0 Å². The fraction of sp³-hybridized carbons (Fsp3) is 0.833. The Balaban J connectivity index is 2.04. The molecule has 0 N–H and O–H groups in total. The minimum absolute atomic E-state index is 0.713. The van der Waals surface area contributed by atoms with E-state index in [1.165, 1.54) is 19.3 Å². The van der Waals surface area contributed by atoms with Crippen molar-refractivity contribution in [3.05, 3.63) is 0 Å². The molecule has 2 saturated carbocycles. The molecule has 1 spiro atoms. The van der Waals surface area contributed by atoms with Gasteiger partial charge in [0.1, 0.15) is 0 Å². The van der Waals surface area contributed by atoms with Gasteiger partial charge in [-0.25, -0.2) is 0 Å². The largest absolute Gasteiger partial charge is 0.103 e. The molecule has 3 aliphatic rings. The third-order valence-electron chi connectivity index (χ3n) is 4.59. The quantitative estimate of drug-likeness (QED) is 0.478. The first-order valence-electron chi connectivity index (χ1n) is 5.23. The molecule has 5 unspecified atom stereocenters. The van der Waals surface area contributed by atoms with Crippen molar-refractivity contribution in [2.24, 2.45) is 29.1 Å². The topological polar surface area (TPSA) is 0 Å². The van der Waals surface area contributed by atoms with Gasteiger partial charge < -0.3 is 0 Å². The molecule has 0 amide bonds. The summed E-state index contributed by atoms with van der Waals surface area (Å²) in [7, 11) is 0. The predicted octanol–water partition coefficient (Wildman–Crippen LogP) is 2.69. The van der Waals surface area contributed by atoms with Gasteiger partial charge in [0.15, 0.2) is 0 Å². The molecular formula is C12H16. The van der Waals surface area contributed by atoms with Crippen molar-refractivity contribution in [2.45, 2.75) is 33.1 Å². The van der Waals surface area contributed by atoms with Crippen LogP contribution in [0.25, 0.3) is 0 Å². The summed E-state index contributed by atoms with van der Waals surface area (Å²) in [6.45, 7) is 4.81. The van der Waals surface area contributed by atoms with Crippen LogP contribution in [-0.4, -0.2) is 0 Å². The molecule has 0 aromatic rings.